The fourth-order valence-electron chi connectivity index (χ4n) is 7.57. The summed E-state index contributed by atoms with van der Waals surface area (Å²) >= 11 is 0. The van der Waals surface area contributed by atoms with Gasteiger partial charge >= 0.3 is 0 Å². The van der Waals surface area contributed by atoms with Crippen LogP contribution in [0, 0.1) is 0 Å². The number of carbonyl (C=O) groups is 2. The van der Waals surface area contributed by atoms with Gasteiger partial charge in [-0.05, 0) is 70.0 Å². The second kappa shape index (κ2) is 21.2. The first-order chi connectivity index (χ1) is 29.4. The number of carbonyl (C=O) groups excluding carboxylic acids is 2. The summed E-state index contributed by atoms with van der Waals surface area (Å²) in [4.78, 5) is 27.4. The minimum Gasteiger partial charge on any atom is -0.397 e. The molecule has 2 amide bonds. The number of aliphatic hydroxyl groups excluding tert-OH is 1. The van der Waals surface area contributed by atoms with Gasteiger partial charge in [0.05, 0.1) is 30.2 Å². The van der Waals surface area contributed by atoms with Gasteiger partial charge in [0, 0.05) is 51.0 Å². The Kier molecular flexibility index (Phi) is 14.9. The summed E-state index contributed by atoms with van der Waals surface area (Å²) in [5.74, 6) is -0.162. The minimum atomic E-state index is -0.575. The summed E-state index contributed by atoms with van der Waals surface area (Å²) in [5, 5.41) is 15.5. The number of rotatable bonds is 18. The largest absolute Gasteiger partial charge is 0.397 e. The summed E-state index contributed by atoms with van der Waals surface area (Å²) < 4.78 is 13.5. The minimum absolute atomic E-state index is 0.00640. The molecule has 308 valence electrons. The molecule has 1 aliphatic heterocycles. The maximum atomic E-state index is 12.7. The Balaban J connectivity index is 0.975. The van der Waals surface area contributed by atoms with E-state index < -0.39 is 6.29 Å². The van der Waals surface area contributed by atoms with Gasteiger partial charge in [-0.2, -0.15) is 0 Å². The zero-order valence-corrected chi connectivity index (χ0v) is 33.9. The van der Waals surface area contributed by atoms with Crippen molar-refractivity contribution in [1.82, 2.24) is 10.2 Å². The third-order valence-corrected chi connectivity index (χ3v) is 10.8. The topological polar surface area (TPSA) is 126 Å². The second-order valence-corrected chi connectivity index (χ2v) is 15.4. The average Bonchev–Trinajstić information content (AvgIpc) is 3.28. The van der Waals surface area contributed by atoms with Crippen molar-refractivity contribution in [2.75, 3.05) is 17.6 Å². The van der Waals surface area contributed by atoms with E-state index in [9.17, 15) is 14.7 Å². The maximum absolute atomic E-state index is 12.7. The number of ether oxygens (including phenoxy) is 2. The molecule has 6 aromatic carbocycles. The molecule has 1 fully saturated rings. The van der Waals surface area contributed by atoms with Crippen molar-refractivity contribution in [3.05, 3.63) is 191 Å². The van der Waals surface area contributed by atoms with Crippen LogP contribution >= 0.6 is 0 Å². The molecule has 6 aromatic rings. The summed E-state index contributed by atoms with van der Waals surface area (Å²) in [6.07, 6.45) is 1.71. The van der Waals surface area contributed by atoms with E-state index in [1.54, 1.807) is 12.1 Å². The quantitative estimate of drug-likeness (QED) is 0.0504. The lowest BCUT2D eigenvalue weighted by Gasteiger charge is -2.38. The number of nitrogens with two attached hydrogens (primary N) is 1. The van der Waals surface area contributed by atoms with Crippen LogP contribution in [0.5, 0.6) is 0 Å². The Morgan fingerprint density at radius 3 is 1.92 bits per heavy atom. The summed E-state index contributed by atoms with van der Waals surface area (Å²) in [5.41, 5.74) is 15.5. The molecular weight excluding hydrogens is 749 g/mol. The Morgan fingerprint density at radius 2 is 1.25 bits per heavy atom. The fourth-order valence-corrected chi connectivity index (χ4v) is 7.57. The van der Waals surface area contributed by atoms with Crippen LogP contribution in [0.4, 0.5) is 11.4 Å². The number of hydrogen-bond donors (Lipinski definition) is 4. The van der Waals surface area contributed by atoms with E-state index in [-0.39, 0.29) is 30.6 Å². The van der Waals surface area contributed by atoms with Gasteiger partial charge in [-0.25, -0.2) is 0 Å². The van der Waals surface area contributed by atoms with Crippen molar-refractivity contribution in [2.24, 2.45) is 0 Å². The van der Waals surface area contributed by atoms with Crippen molar-refractivity contribution in [1.29, 1.82) is 0 Å². The number of nitrogens with zero attached hydrogens (tertiary/aromatic N) is 1. The van der Waals surface area contributed by atoms with Gasteiger partial charge in [0.25, 0.3) is 0 Å². The Morgan fingerprint density at radius 1 is 0.633 bits per heavy atom. The van der Waals surface area contributed by atoms with Crippen LogP contribution in [0.1, 0.15) is 77.9 Å². The molecule has 3 atom stereocenters. The number of unbranched alkanes of at least 4 members (excludes halogenated alkanes) is 1. The van der Waals surface area contributed by atoms with Crippen LogP contribution in [0.3, 0.4) is 0 Å². The van der Waals surface area contributed by atoms with Gasteiger partial charge in [0.1, 0.15) is 0 Å². The van der Waals surface area contributed by atoms with Crippen molar-refractivity contribution in [2.45, 2.75) is 76.8 Å². The first kappa shape index (κ1) is 42.0. The number of anilines is 2. The SMILES string of the molecule is Nc1ccccc1NC(=O)CCCCC(=O)NCc1cccc(-c2ccc([C@@H]3O[C@H](CN(Cc4ccccc4)Cc4ccccc4)C[C@H](c4ccc(CO)cc4)O3)cc2)c1. The molecule has 0 unspecified atom stereocenters. The number of amides is 2. The van der Waals surface area contributed by atoms with Crippen LogP contribution in [0.25, 0.3) is 11.1 Å². The van der Waals surface area contributed by atoms with Gasteiger partial charge in [0.2, 0.25) is 11.8 Å². The van der Waals surface area contributed by atoms with E-state index in [0.717, 1.165) is 53.0 Å². The molecule has 0 aliphatic carbocycles. The molecule has 9 heteroatoms. The zero-order chi connectivity index (χ0) is 41.5. The molecule has 0 aromatic heterocycles. The monoisotopic (exact) mass is 802 g/mol. The van der Waals surface area contributed by atoms with Gasteiger partial charge in [-0.3, -0.25) is 14.5 Å². The maximum Gasteiger partial charge on any atom is 0.224 e. The molecule has 1 heterocycles. The van der Waals surface area contributed by atoms with E-state index >= 15 is 0 Å². The highest BCUT2D eigenvalue weighted by Crippen LogP contribution is 2.39. The molecule has 0 saturated carbocycles. The zero-order valence-electron chi connectivity index (χ0n) is 33.9. The number of nitrogen functional groups attached to an aromatic ring is 1. The van der Waals surface area contributed by atoms with Crippen LogP contribution < -0.4 is 16.4 Å². The summed E-state index contributed by atoms with van der Waals surface area (Å²) in [6.45, 7) is 2.71. The van der Waals surface area contributed by atoms with E-state index in [1.165, 1.54) is 11.1 Å². The Labute approximate surface area is 353 Å². The van der Waals surface area contributed by atoms with Gasteiger partial charge < -0.3 is 30.9 Å². The van der Waals surface area contributed by atoms with Crippen LogP contribution in [-0.2, 0) is 45.3 Å². The fraction of sp³-hybridized carbons (Fsp3) is 0.255. The normalized spacial score (nSPS) is 16.3. The van der Waals surface area contributed by atoms with Crippen molar-refractivity contribution < 1.29 is 24.2 Å². The Hall–Kier alpha value is -6.10. The highest BCUT2D eigenvalue weighted by atomic mass is 16.7. The number of para-hydroxylation sites is 2. The number of benzene rings is 6. The van der Waals surface area contributed by atoms with Crippen LogP contribution in [0.15, 0.2) is 158 Å². The highest BCUT2D eigenvalue weighted by molar-refractivity contribution is 5.93. The molecule has 0 spiro atoms. The smallest absolute Gasteiger partial charge is 0.224 e. The average molecular weight is 803 g/mol. The third kappa shape index (κ3) is 12.2. The molecule has 9 nitrogen and oxygen atoms in total. The van der Waals surface area contributed by atoms with Crippen molar-refractivity contribution in [3.63, 3.8) is 0 Å². The molecule has 60 heavy (non-hydrogen) atoms. The molecule has 7 rings (SSSR count). The predicted molar refractivity (Wildman–Crippen MR) is 237 cm³/mol. The predicted octanol–water partition coefficient (Wildman–Crippen LogP) is 9.49. The molecular formula is C51H54N4O5. The van der Waals surface area contributed by atoms with Crippen molar-refractivity contribution >= 4 is 23.2 Å². The highest BCUT2D eigenvalue weighted by Gasteiger charge is 2.33. The molecule has 1 saturated heterocycles. The standard InChI is InChI=1S/C51H54N4O5/c52-46-18-7-8-19-47(46)54-50(58)21-10-9-20-49(57)53-32-40-16-11-17-44(30-40)41-26-28-43(29-27-41)51-59-45(31-48(60-51)42-24-22-39(36-56)23-25-42)35-55(33-37-12-3-1-4-13-37)34-38-14-5-2-6-15-38/h1-8,11-19,22-30,45,48,51,56H,9-10,20-21,31-36,52H2,(H,53,57)(H,54,58)/t45-,48+,51+/m0/s1. The van der Waals surface area contributed by atoms with E-state index in [2.05, 4.69) is 100 Å². The molecule has 1 aliphatic rings. The third-order valence-electron chi connectivity index (χ3n) is 10.8. The van der Waals surface area contributed by atoms with Crippen molar-refractivity contribution in [3.8, 4) is 11.1 Å². The first-order valence-electron chi connectivity index (χ1n) is 20.8. The first-order valence-corrected chi connectivity index (χ1v) is 20.8. The van der Waals surface area contributed by atoms with E-state index in [4.69, 9.17) is 15.2 Å². The summed E-state index contributed by atoms with van der Waals surface area (Å²) in [7, 11) is 0. The lowest BCUT2D eigenvalue weighted by atomic mass is 9.98. The van der Waals surface area contributed by atoms with E-state index in [0.29, 0.717) is 50.0 Å². The Bertz CT molecular complexity index is 2230. The van der Waals surface area contributed by atoms with Crippen LogP contribution in [0.2, 0.25) is 0 Å². The lowest BCUT2D eigenvalue weighted by molar-refractivity contribution is -0.253. The lowest BCUT2D eigenvalue weighted by Crippen LogP contribution is -2.39. The number of hydrogen-bond acceptors (Lipinski definition) is 7. The second-order valence-electron chi connectivity index (χ2n) is 15.4. The molecule has 0 bridgehead atoms. The number of aliphatic hydroxyl groups is 1. The van der Waals surface area contributed by atoms with Gasteiger partial charge in [-0.15, -0.1) is 0 Å². The molecule has 0 radical (unpaired) electrons. The summed E-state index contributed by atoms with van der Waals surface area (Å²) in [6, 6.07) is 52.8. The van der Waals surface area contributed by atoms with E-state index in [1.807, 2.05) is 60.7 Å². The molecule has 5 N–H and O–H groups in total. The van der Waals surface area contributed by atoms with Gasteiger partial charge in [0.15, 0.2) is 6.29 Å². The van der Waals surface area contributed by atoms with Crippen LogP contribution in [-0.4, -0.2) is 34.5 Å². The number of nitrogens with one attached hydrogen (secondary N) is 2. The van der Waals surface area contributed by atoms with Gasteiger partial charge in [-0.1, -0.05) is 140 Å².